The van der Waals surface area contributed by atoms with Crippen LogP contribution in [0.3, 0.4) is 0 Å². The zero-order valence-corrected chi connectivity index (χ0v) is 37.0. The number of aliphatic hydroxyl groups is 3. The molecule has 12 atom stereocenters. The smallest absolute Gasteiger partial charge is 0.163 e. The highest BCUT2D eigenvalue weighted by molar-refractivity contribution is 5.43. The molecule has 2 aromatic carbocycles. The summed E-state index contributed by atoms with van der Waals surface area (Å²) < 4.78 is 59.4. The van der Waals surface area contributed by atoms with E-state index in [9.17, 15) is 10.2 Å². The van der Waals surface area contributed by atoms with Gasteiger partial charge < -0.3 is 62.0 Å². The highest BCUT2D eigenvalue weighted by atomic mass is 16.7. The van der Waals surface area contributed by atoms with E-state index in [2.05, 4.69) is 25.1 Å². The Hall–Kier alpha value is -3.70. The maximum absolute atomic E-state index is 10.9. The van der Waals surface area contributed by atoms with Crippen LogP contribution in [0, 0.1) is 11.8 Å². The minimum Gasteiger partial charge on any atom is -0.466 e. The first-order chi connectivity index (χ1) is 29.8. The molecule has 348 valence electrons. The average molecular weight is 879 g/mol. The van der Waals surface area contributed by atoms with Crippen LogP contribution in [0.15, 0.2) is 112 Å². The Morgan fingerprint density at radius 1 is 0.667 bits per heavy atom. The van der Waals surface area contributed by atoms with Crippen molar-refractivity contribution in [1.29, 1.82) is 0 Å². The molecule has 63 heavy (non-hydrogen) atoms. The Kier molecular flexibility index (Phi) is 18.7. The van der Waals surface area contributed by atoms with Gasteiger partial charge in [-0.1, -0.05) is 88.0 Å². The molecule has 13 heteroatoms. The average Bonchev–Trinajstić information content (AvgIpc) is 4.15. The van der Waals surface area contributed by atoms with Crippen molar-refractivity contribution in [2.45, 2.75) is 148 Å². The molecule has 8 rings (SSSR count). The van der Waals surface area contributed by atoms with E-state index in [-0.39, 0.29) is 62.0 Å². The molecule has 0 spiro atoms. The van der Waals surface area contributed by atoms with Gasteiger partial charge in [0.25, 0.3) is 0 Å². The first-order valence-corrected chi connectivity index (χ1v) is 21.7. The molecular weight excluding hydrogens is 809 g/mol. The number of benzene rings is 2. The van der Waals surface area contributed by atoms with E-state index >= 15 is 0 Å². The van der Waals surface area contributed by atoms with Crippen molar-refractivity contribution >= 4 is 6.08 Å². The largest absolute Gasteiger partial charge is 0.466 e. The number of furan rings is 2. The lowest BCUT2D eigenvalue weighted by Gasteiger charge is -2.25. The van der Waals surface area contributed by atoms with E-state index in [0.717, 1.165) is 30.4 Å². The molecule has 4 aliphatic rings. The van der Waals surface area contributed by atoms with Crippen LogP contribution in [0.2, 0.25) is 0 Å². The number of rotatable bonds is 15. The van der Waals surface area contributed by atoms with E-state index < -0.39 is 29.9 Å². The van der Waals surface area contributed by atoms with E-state index in [0.29, 0.717) is 38.6 Å². The van der Waals surface area contributed by atoms with Gasteiger partial charge >= 0.3 is 0 Å². The summed E-state index contributed by atoms with van der Waals surface area (Å²) in [5.74, 6) is 0.0364. The van der Waals surface area contributed by atoms with Crippen molar-refractivity contribution in [3.8, 4) is 0 Å². The molecule has 0 saturated carbocycles. The van der Waals surface area contributed by atoms with Gasteiger partial charge in [0.1, 0.15) is 23.7 Å². The van der Waals surface area contributed by atoms with Crippen molar-refractivity contribution in [1.82, 2.24) is 0 Å². The molecule has 0 amide bonds. The maximum atomic E-state index is 10.9. The van der Waals surface area contributed by atoms with Gasteiger partial charge in [-0.15, -0.1) is 0 Å². The van der Waals surface area contributed by atoms with E-state index in [1.54, 1.807) is 18.4 Å². The molecule has 4 aliphatic heterocycles. The molecule has 0 radical (unpaired) electrons. The highest BCUT2D eigenvalue weighted by Gasteiger charge is 2.50. The normalized spacial score (nSPS) is 30.5. The van der Waals surface area contributed by atoms with Gasteiger partial charge in [-0.3, -0.25) is 0 Å². The van der Waals surface area contributed by atoms with Crippen LogP contribution in [0.4, 0.5) is 0 Å². The summed E-state index contributed by atoms with van der Waals surface area (Å²) >= 11 is 0. The Balaban J connectivity index is 0.000000226. The molecule has 4 aromatic rings. The summed E-state index contributed by atoms with van der Waals surface area (Å²) in [6.07, 6.45) is 4.77. The molecule has 4 saturated heterocycles. The second-order valence-corrected chi connectivity index (χ2v) is 17.2. The predicted octanol–water partition coefficient (Wildman–Crippen LogP) is 8.27. The molecule has 2 unspecified atom stereocenters. The molecule has 0 aliphatic carbocycles. The summed E-state index contributed by atoms with van der Waals surface area (Å²) in [4.78, 5) is 0. The Labute approximate surface area is 373 Å². The number of ether oxygens (including phenoxy) is 8. The summed E-state index contributed by atoms with van der Waals surface area (Å²) in [5, 5.41) is 28.5. The molecule has 6 heterocycles. The lowest BCUT2D eigenvalue weighted by atomic mass is 9.91. The van der Waals surface area contributed by atoms with Crippen LogP contribution in [0.5, 0.6) is 0 Å². The minimum absolute atomic E-state index is 0. The van der Waals surface area contributed by atoms with E-state index in [1.165, 1.54) is 6.26 Å². The summed E-state index contributed by atoms with van der Waals surface area (Å²) in [6, 6.07) is 27.3. The summed E-state index contributed by atoms with van der Waals surface area (Å²) in [6.45, 7) is 13.9. The van der Waals surface area contributed by atoms with E-state index in [4.69, 9.17) is 51.8 Å². The summed E-state index contributed by atoms with van der Waals surface area (Å²) in [7, 11) is 1.00. The molecule has 0 bridgehead atoms. The zero-order chi connectivity index (χ0) is 44.3. The number of aliphatic hydroxyl groups excluding tert-OH is 3. The molecule has 3 N–H and O–H groups in total. The van der Waals surface area contributed by atoms with E-state index in [1.807, 2.05) is 101 Å². The first kappa shape index (κ1) is 50.3. The predicted molar refractivity (Wildman–Crippen MR) is 237 cm³/mol. The highest BCUT2D eigenvalue weighted by Crippen LogP contribution is 2.39. The van der Waals surface area contributed by atoms with Crippen LogP contribution in [0.1, 0.15) is 90.6 Å². The Bertz CT molecular complexity index is 1870. The standard InChI is InChI=1S/C24H32O7.C24H30O5.CH4O.CH4/c1-15-22(28-13-16-8-5-4-6-9-16)19(12-17-14-29-24(2,3)31-17)30-23(15)21(26)20(25)18-10-7-11-27-18;1-17-21(12-11-19-10-7-13-25-19)28-22(14-20-16-27-24(2,3)29-20)23(17)26-15-18-8-5-4-6-9-18;1-2;/h4-11,15,17,19-23,25-26H,12-14H2,1-3H3;4-13,17,20-23H,14-16H2,1-3H3;2H,1H3;1H4/b;12-11+;;/t15-,17?,19-,20+,21-,22-,23-;17-,20?,21-,22+,23+;;/m10../s1. The zero-order valence-electron chi connectivity index (χ0n) is 37.0. The van der Waals surface area contributed by atoms with Crippen LogP contribution in [0.25, 0.3) is 6.08 Å². The van der Waals surface area contributed by atoms with Crippen LogP contribution in [-0.4, -0.2) is 102 Å². The third-order valence-corrected chi connectivity index (χ3v) is 11.7. The Morgan fingerprint density at radius 3 is 1.65 bits per heavy atom. The molecule has 2 aromatic heterocycles. The lowest BCUT2D eigenvalue weighted by molar-refractivity contribution is -0.148. The van der Waals surface area contributed by atoms with Crippen molar-refractivity contribution in [3.63, 3.8) is 0 Å². The minimum atomic E-state index is -1.18. The van der Waals surface area contributed by atoms with Crippen molar-refractivity contribution < 1.29 is 62.0 Å². The monoisotopic (exact) mass is 878 g/mol. The molecular formula is C50H70O13. The van der Waals surface area contributed by atoms with Gasteiger partial charge in [0.05, 0.1) is 87.8 Å². The van der Waals surface area contributed by atoms with Gasteiger partial charge in [-0.05, 0) is 69.2 Å². The van der Waals surface area contributed by atoms with Crippen molar-refractivity contribution in [2.24, 2.45) is 11.8 Å². The Morgan fingerprint density at radius 2 is 1.17 bits per heavy atom. The number of hydrogen-bond donors (Lipinski definition) is 3. The second-order valence-electron chi connectivity index (χ2n) is 17.2. The third-order valence-electron chi connectivity index (χ3n) is 11.7. The fourth-order valence-corrected chi connectivity index (χ4v) is 8.56. The fraction of sp³-hybridized carbons (Fsp3) is 0.560. The van der Waals surface area contributed by atoms with Gasteiger partial charge in [0.15, 0.2) is 11.6 Å². The fourth-order valence-electron chi connectivity index (χ4n) is 8.56. The van der Waals surface area contributed by atoms with Crippen molar-refractivity contribution in [2.75, 3.05) is 20.3 Å². The van der Waals surface area contributed by atoms with Crippen molar-refractivity contribution in [3.05, 3.63) is 126 Å². The lowest BCUT2D eigenvalue weighted by Crippen LogP contribution is -2.37. The van der Waals surface area contributed by atoms with Crippen LogP contribution < -0.4 is 0 Å². The van der Waals surface area contributed by atoms with Gasteiger partial charge in [-0.2, -0.15) is 0 Å². The first-order valence-electron chi connectivity index (χ1n) is 21.7. The quantitative estimate of drug-likeness (QED) is 0.105. The van der Waals surface area contributed by atoms with Gasteiger partial charge in [-0.25, -0.2) is 0 Å². The van der Waals surface area contributed by atoms with Crippen LogP contribution in [-0.2, 0) is 51.1 Å². The third kappa shape index (κ3) is 13.9. The van der Waals surface area contributed by atoms with Gasteiger partial charge in [0.2, 0.25) is 0 Å². The molecule has 4 fully saturated rings. The maximum Gasteiger partial charge on any atom is 0.163 e. The summed E-state index contributed by atoms with van der Waals surface area (Å²) in [5.41, 5.74) is 2.23. The second kappa shape index (κ2) is 23.5. The SMILES string of the molecule is C.CO.C[C@@H]1[C@@H](OCc2ccccc2)[C@@H](CC2COC(C)(C)O2)O[C@H]1/C=C/c1ccco1.C[C@H]1[C@H]([C@H](O)[C@@H](O)c2ccco2)O[C@H](CC2COC(C)(C)O2)[C@@H]1OCc1ccccc1. The number of hydrogen-bond acceptors (Lipinski definition) is 13. The topological polar surface area (TPSA) is 161 Å². The molecule has 13 nitrogen and oxygen atoms in total. The van der Waals surface area contributed by atoms with Crippen LogP contribution >= 0.6 is 0 Å². The van der Waals surface area contributed by atoms with Gasteiger partial charge in [0, 0.05) is 31.8 Å².